The molecule has 128 valence electrons. The van der Waals surface area contributed by atoms with E-state index < -0.39 is 12.0 Å². The van der Waals surface area contributed by atoms with Crippen LogP contribution in [0.5, 0.6) is 11.5 Å². The standard InChI is InChI=1S/C18H20ClNO4/c1-3-24-17-14(19)9-12(10-15(17)23-2)11-20-16(18(21)22)13-7-5-4-6-8-13/h4-10,16,20H,3,11H2,1-2H3,(H,21,22)/t16-/m0/s1. The number of nitrogens with one attached hydrogen (secondary N) is 1. The quantitative estimate of drug-likeness (QED) is 0.761. The molecular weight excluding hydrogens is 330 g/mol. The summed E-state index contributed by atoms with van der Waals surface area (Å²) in [5.41, 5.74) is 1.50. The average Bonchev–Trinajstić information content (AvgIpc) is 2.58. The summed E-state index contributed by atoms with van der Waals surface area (Å²) < 4.78 is 10.8. The molecule has 0 aliphatic rings. The van der Waals surface area contributed by atoms with Crippen LogP contribution in [0.25, 0.3) is 0 Å². The molecule has 0 amide bonds. The fourth-order valence-electron chi connectivity index (χ4n) is 2.37. The first-order valence-electron chi connectivity index (χ1n) is 7.57. The van der Waals surface area contributed by atoms with Gasteiger partial charge in [0.25, 0.3) is 0 Å². The molecule has 0 heterocycles. The van der Waals surface area contributed by atoms with Crippen LogP contribution < -0.4 is 14.8 Å². The summed E-state index contributed by atoms with van der Waals surface area (Å²) in [4.78, 5) is 11.5. The van der Waals surface area contributed by atoms with Crippen LogP contribution in [0.3, 0.4) is 0 Å². The predicted molar refractivity (Wildman–Crippen MR) is 92.8 cm³/mol. The van der Waals surface area contributed by atoms with Crippen LogP contribution >= 0.6 is 11.6 Å². The molecule has 5 nitrogen and oxygen atoms in total. The van der Waals surface area contributed by atoms with Gasteiger partial charge in [0, 0.05) is 6.54 Å². The van der Waals surface area contributed by atoms with Crippen molar-refractivity contribution in [3.8, 4) is 11.5 Å². The van der Waals surface area contributed by atoms with Crippen LogP contribution in [0.1, 0.15) is 24.1 Å². The number of aliphatic carboxylic acids is 1. The molecule has 0 unspecified atom stereocenters. The van der Waals surface area contributed by atoms with Crippen LogP contribution in [-0.2, 0) is 11.3 Å². The van der Waals surface area contributed by atoms with Crippen molar-refractivity contribution in [2.75, 3.05) is 13.7 Å². The molecule has 0 saturated carbocycles. The highest BCUT2D eigenvalue weighted by Crippen LogP contribution is 2.36. The third-order valence-corrected chi connectivity index (χ3v) is 3.75. The molecule has 0 aliphatic heterocycles. The molecule has 1 atom stereocenters. The van der Waals surface area contributed by atoms with Gasteiger partial charge < -0.3 is 14.6 Å². The van der Waals surface area contributed by atoms with Gasteiger partial charge in [-0.3, -0.25) is 10.1 Å². The normalized spacial score (nSPS) is 11.8. The van der Waals surface area contributed by atoms with Crippen molar-refractivity contribution in [2.24, 2.45) is 0 Å². The Morgan fingerprint density at radius 1 is 1.29 bits per heavy atom. The van der Waals surface area contributed by atoms with Gasteiger partial charge in [0.1, 0.15) is 6.04 Å². The summed E-state index contributed by atoms with van der Waals surface area (Å²) in [6.07, 6.45) is 0. The molecule has 0 aliphatic carbocycles. The van der Waals surface area contributed by atoms with Crippen molar-refractivity contribution in [1.82, 2.24) is 5.32 Å². The second-order valence-electron chi connectivity index (χ2n) is 5.10. The first kappa shape index (κ1) is 18.1. The van der Waals surface area contributed by atoms with E-state index in [1.807, 2.05) is 25.1 Å². The minimum atomic E-state index is -0.940. The van der Waals surface area contributed by atoms with E-state index in [9.17, 15) is 9.90 Å². The topological polar surface area (TPSA) is 67.8 Å². The van der Waals surface area contributed by atoms with E-state index in [4.69, 9.17) is 21.1 Å². The van der Waals surface area contributed by atoms with Crippen LogP contribution in [0.4, 0.5) is 0 Å². The molecule has 2 aromatic carbocycles. The number of hydrogen-bond donors (Lipinski definition) is 2. The Labute approximate surface area is 146 Å². The monoisotopic (exact) mass is 349 g/mol. The van der Waals surface area contributed by atoms with Crippen molar-refractivity contribution in [1.29, 1.82) is 0 Å². The molecule has 0 spiro atoms. The molecule has 0 fully saturated rings. The maximum absolute atomic E-state index is 11.5. The highest BCUT2D eigenvalue weighted by atomic mass is 35.5. The Morgan fingerprint density at radius 3 is 2.58 bits per heavy atom. The number of ether oxygens (including phenoxy) is 2. The van der Waals surface area contributed by atoms with E-state index in [-0.39, 0.29) is 0 Å². The lowest BCUT2D eigenvalue weighted by atomic mass is 10.1. The van der Waals surface area contributed by atoms with Gasteiger partial charge in [0.05, 0.1) is 18.7 Å². The molecule has 0 aromatic heterocycles. The maximum atomic E-state index is 11.5. The number of hydrogen-bond acceptors (Lipinski definition) is 4. The van der Waals surface area contributed by atoms with Gasteiger partial charge in [-0.15, -0.1) is 0 Å². The molecule has 2 rings (SSSR count). The second-order valence-corrected chi connectivity index (χ2v) is 5.51. The highest BCUT2D eigenvalue weighted by Gasteiger charge is 2.19. The highest BCUT2D eigenvalue weighted by molar-refractivity contribution is 6.32. The van der Waals surface area contributed by atoms with E-state index in [1.165, 1.54) is 7.11 Å². The van der Waals surface area contributed by atoms with Crippen LogP contribution in [0, 0.1) is 0 Å². The van der Waals surface area contributed by atoms with Gasteiger partial charge in [0.2, 0.25) is 0 Å². The number of rotatable bonds is 8. The largest absolute Gasteiger partial charge is 0.493 e. The van der Waals surface area contributed by atoms with E-state index in [1.54, 1.807) is 24.3 Å². The third-order valence-electron chi connectivity index (χ3n) is 3.47. The number of carbonyl (C=O) groups is 1. The van der Waals surface area contributed by atoms with Crippen molar-refractivity contribution in [3.05, 3.63) is 58.6 Å². The summed E-state index contributed by atoms with van der Waals surface area (Å²) >= 11 is 6.24. The van der Waals surface area contributed by atoms with Crippen molar-refractivity contribution < 1.29 is 19.4 Å². The molecule has 2 N–H and O–H groups in total. The molecule has 24 heavy (non-hydrogen) atoms. The van der Waals surface area contributed by atoms with Crippen molar-refractivity contribution in [2.45, 2.75) is 19.5 Å². The zero-order valence-electron chi connectivity index (χ0n) is 13.6. The van der Waals surface area contributed by atoms with Gasteiger partial charge in [0.15, 0.2) is 11.5 Å². The lowest BCUT2D eigenvalue weighted by molar-refractivity contribution is -0.139. The van der Waals surface area contributed by atoms with Crippen molar-refractivity contribution in [3.63, 3.8) is 0 Å². The summed E-state index contributed by atoms with van der Waals surface area (Å²) in [7, 11) is 1.54. The predicted octanol–water partition coefficient (Wildman–Crippen LogP) is 3.66. The summed E-state index contributed by atoms with van der Waals surface area (Å²) in [6.45, 7) is 2.67. The Balaban J connectivity index is 2.18. The van der Waals surface area contributed by atoms with Gasteiger partial charge in [-0.05, 0) is 30.2 Å². The number of benzene rings is 2. The maximum Gasteiger partial charge on any atom is 0.325 e. The van der Waals surface area contributed by atoms with Gasteiger partial charge in [-0.1, -0.05) is 41.9 Å². The number of methoxy groups -OCH3 is 1. The lowest BCUT2D eigenvalue weighted by Crippen LogP contribution is -2.28. The third kappa shape index (κ3) is 4.40. The van der Waals surface area contributed by atoms with Crippen LogP contribution in [0.2, 0.25) is 5.02 Å². The van der Waals surface area contributed by atoms with E-state index in [0.717, 1.165) is 5.56 Å². The average molecular weight is 350 g/mol. The van der Waals surface area contributed by atoms with E-state index >= 15 is 0 Å². The minimum absolute atomic E-state index is 0.328. The lowest BCUT2D eigenvalue weighted by Gasteiger charge is -2.17. The molecule has 0 radical (unpaired) electrons. The Bertz CT molecular complexity index is 691. The zero-order valence-corrected chi connectivity index (χ0v) is 14.3. The smallest absolute Gasteiger partial charge is 0.325 e. The fraction of sp³-hybridized carbons (Fsp3) is 0.278. The number of carboxylic acid groups (broad SMARTS) is 1. The fourth-order valence-corrected chi connectivity index (χ4v) is 2.66. The summed E-state index contributed by atoms with van der Waals surface area (Å²) in [5, 5.41) is 12.9. The molecule has 6 heteroatoms. The van der Waals surface area contributed by atoms with Crippen molar-refractivity contribution >= 4 is 17.6 Å². The Kier molecular flexibility index (Phi) is 6.46. The Morgan fingerprint density at radius 2 is 2.00 bits per heavy atom. The van der Waals surface area contributed by atoms with Gasteiger partial charge in [-0.2, -0.15) is 0 Å². The first-order valence-corrected chi connectivity index (χ1v) is 7.95. The SMILES string of the molecule is CCOc1c(Cl)cc(CN[C@H](C(=O)O)c2ccccc2)cc1OC. The molecule has 0 bridgehead atoms. The minimum Gasteiger partial charge on any atom is -0.493 e. The zero-order chi connectivity index (χ0) is 17.5. The van der Waals surface area contributed by atoms with Crippen LogP contribution in [-0.4, -0.2) is 24.8 Å². The molecular formula is C18H20ClNO4. The van der Waals surface area contributed by atoms with Gasteiger partial charge >= 0.3 is 5.97 Å². The number of carboxylic acids is 1. The van der Waals surface area contributed by atoms with E-state index in [0.29, 0.717) is 35.2 Å². The molecule has 2 aromatic rings. The Hall–Kier alpha value is -2.24. The molecule has 0 saturated heterocycles. The summed E-state index contributed by atoms with van der Waals surface area (Å²) in [5.74, 6) is 0.0706. The first-order chi connectivity index (χ1) is 11.6. The summed E-state index contributed by atoms with van der Waals surface area (Å²) in [6, 6.07) is 11.7. The van der Waals surface area contributed by atoms with Gasteiger partial charge in [-0.25, -0.2) is 0 Å². The second kappa shape index (κ2) is 8.57. The number of halogens is 1. The van der Waals surface area contributed by atoms with E-state index in [2.05, 4.69) is 5.32 Å². The van der Waals surface area contributed by atoms with Crippen LogP contribution in [0.15, 0.2) is 42.5 Å².